The number of furan rings is 1. The van der Waals surface area contributed by atoms with Crippen LogP contribution in [0, 0.1) is 0 Å². The molecule has 1 aliphatic heterocycles. The van der Waals surface area contributed by atoms with Crippen LogP contribution in [0.2, 0.25) is 0 Å². The van der Waals surface area contributed by atoms with E-state index < -0.39 is 0 Å². The lowest BCUT2D eigenvalue weighted by Crippen LogP contribution is -2.44. The number of thioether (sulfide) groups is 1. The maximum absolute atomic E-state index is 5.67. The quantitative estimate of drug-likeness (QED) is 0.920. The second kappa shape index (κ2) is 6.54. The van der Waals surface area contributed by atoms with Crippen molar-refractivity contribution in [3.63, 3.8) is 0 Å². The monoisotopic (exact) mass is 296 g/mol. The summed E-state index contributed by atoms with van der Waals surface area (Å²) in [5.41, 5.74) is 1.45. The first-order valence-electron chi connectivity index (χ1n) is 7.53. The van der Waals surface area contributed by atoms with Crippen molar-refractivity contribution in [1.29, 1.82) is 0 Å². The summed E-state index contributed by atoms with van der Waals surface area (Å²) in [6, 6.07) is 2.76. The van der Waals surface area contributed by atoms with Crippen LogP contribution in [-0.4, -0.2) is 34.0 Å². The predicted octanol–water partition coefficient (Wildman–Crippen LogP) is 3.49. The minimum Gasteiger partial charge on any atom is -0.468 e. The first kappa shape index (κ1) is 15.9. The summed E-state index contributed by atoms with van der Waals surface area (Å²) in [6.07, 6.45) is 1.82. The highest BCUT2D eigenvalue weighted by atomic mass is 32.2. The van der Waals surface area contributed by atoms with Gasteiger partial charge in [0.25, 0.3) is 0 Å². The van der Waals surface area contributed by atoms with Crippen molar-refractivity contribution >= 4 is 11.8 Å². The van der Waals surface area contributed by atoms with E-state index in [1.54, 1.807) is 0 Å². The summed E-state index contributed by atoms with van der Waals surface area (Å²) >= 11 is 2.08. The maximum Gasteiger partial charge on any atom is 0.122 e. The minimum absolute atomic E-state index is 0.119. The molecule has 0 bridgehead atoms. The zero-order valence-corrected chi connectivity index (χ0v) is 14.2. The molecule has 114 valence electrons. The Bertz CT molecular complexity index is 424. The van der Waals surface area contributed by atoms with Crippen molar-refractivity contribution in [1.82, 2.24) is 10.2 Å². The highest BCUT2D eigenvalue weighted by Gasteiger charge is 2.26. The second-order valence-electron chi connectivity index (χ2n) is 6.76. The largest absolute Gasteiger partial charge is 0.468 e. The fourth-order valence-corrected chi connectivity index (χ4v) is 3.61. The molecule has 0 spiro atoms. The van der Waals surface area contributed by atoms with Gasteiger partial charge in [-0.1, -0.05) is 6.92 Å². The molecule has 3 nitrogen and oxygen atoms in total. The fourth-order valence-electron chi connectivity index (χ4n) is 2.45. The normalized spacial score (nSPS) is 25.1. The smallest absolute Gasteiger partial charge is 0.122 e. The zero-order valence-electron chi connectivity index (χ0n) is 13.4. The lowest BCUT2D eigenvalue weighted by atomic mass is 10.1. The molecular weight excluding hydrogens is 268 g/mol. The number of rotatable bonds is 4. The van der Waals surface area contributed by atoms with Gasteiger partial charge in [0.15, 0.2) is 0 Å². The van der Waals surface area contributed by atoms with Gasteiger partial charge in [0.1, 0.15) is 5.76 Å². The highest BCUT2D eigenvalue weighted by Crippen LogP contribution is 2.26. The standard InChI is InChI=1S/C16H28N2OS/c1-12-13(2)20-9-7-18(12)11-14-6-8-19-15(14)10-17-16(3,4)5/h6,8,12-13,17H,7,9-11H2,1-5H3. The van der Waals surface area contributed by atoms with E-state index in [1.165, 1.54) is 17.9 Å². The summed E-state index contributed by atoms with van der Waals surface area (Å²) in [4.78, 5) is 2.58. The van der Waals surface area contributed by atoms with Gasteiger partial charge in [-0.2, -0.15) is 11.8 Å². The van der Waals surface area contributed by atoms with Gasteiger partial charge in [-0.05, 0) is 33.8 Å². The number of nitrogens with one attached hydrogen (secondary N) is 1. The first-order chi connectivity index (χ1) is 9.37. The molecule has 0 aliphatic carbocycles. The van der Waals surface area contributed by atoms with Crippen LogP contribution in [0.15, 0.2) is 16.7 Å². The van der Waals surface area contributed by atoms with E-state index in [2.05, 4.69) is 62.7 Å². The van der Waals surface area contributed by atoms with Gasteiger partial charge in [-0.25, -0.2) is 0 Å². The molecule has 1 saturated heterocycles. The third-order valence-electron chi connectivity index (χ3n) is 4.00. The molecule has 2 heterocycles. The van der Waals surface area contributed by atoms with E-state index in [9.17, 15) is 0 Å². The topological polar surface area (TPSA) is 28.4 Å². The molecule has 1 aromatic rings. The van der Waals surface area contributed by atoms with Crippen LogP contribution >= 0.6 is 11.8 Å². The third-order valence-corrected chi connectivity index (χ3v) is 5.34. The molecular formula is C16H28N2OS. The van der Waals surface area contributed by atoms with Crippen molar-refractivity contribution < 1.29 is 4.42 Å². The molecule has 1 N–H and O–H groups in total. The van der Waals surface area contributed by atoms with E-state index in [0.29, 0.717) is 11.3 Å². The summed E-state index contributed by atoms with van der Waals surface area (Å²) in [6.45, 7) is 14.2. The van der Waals surface area contributed by atoms with E-state index in [-0.39, 0.29) is 5.54 Å². The molecule has 1 aromatic heterocycles. The molecule has 0 saturated carbocycles. The molecule has 4 heteroatoms. The molecule has 1 aliphatic rings. The Kier molecular flexibility index (Phi) is 5.21. The Morgan fingerprint density at radius 2 is 2.15 bits per heavy atom. The number of hydrogen-bond acceptors (Lipinski definition) is 4. The molecule has 1 fully saturated rings. The zero-order chi connectivity index (χ0) is 14.8. The van der Waals surface area contributed by atoms with Gasteiger partial charge in [0.2, 0.25) is 0 Å². The van der Waals surface area contributed by atoms with Crippen LogP contribution in [0.4, 0.5) is 0 Å². The molecule has 0 radical (unpaired) electrons. The molecule has 2 unspecified atom stereocenters. The van der Waals surface area contributed by atoms with Crippen LogP contribution < -0.4 is 5.32 Å². The Morgan fingerprint density at radius 3 is 2.85 bits per heavy atom. The lowest BCUT2D eigenvalue weighted by Gasteiger charge is -2.37. The minimum atomic E-state index is 0.119. The summed E-state index contributed by atoms with van der Waals surface area (Å²) < 4.78 is 5.67. The summed E-state index contributed by atoms with van der Waals surface area (Å²) in [7, 11) is 0. The summed E-state index contributed by atoms with van der Waals surface area (Å²) in [5.74, 6) is 2.32. The predicted molar refractivity (Wildman–Crippen MR) is 87.1 cm³/mol. The van der Waals surface area contributed by atoms with Crippen LogP contribution in [0.25, 0.3) is 0 Å². The van der Waals surface area contributed by atoms with Crippen molar-refractivity contribution in [2.24, 2.45) is 0 Å². The van der Waals surface area contributed by atoms with Crippen molar-refractivity contribution in [2.75, 3.05) is 12.3 Å². The van der Waals surface area contributed by atoms with Crippen molar-refractivity contribution in [3.8, 4) is 0 Å². The Balaban J connectivity index is 1.98. The molecule has 20 heavy (non-hydrogen) atoms. The van der Waals surface area contributed by atoms with Crippen LogP contribution in [0.1, 0.15) is 45.9 Å². The van der Waals surface area contributed by atoms with Crippen LogP contribution in [0.3, 0.4) is 0 Å². The summed E-state index contributed by atoms with van der Waals surface area (Å²) in [5, 5.41) is 4.22. The Morgan fingerprint density at radius 1 is 1.40 bits per heavy atom. The van der Waals surface area contributed by atoms with E-state index in [0.717, 1.165) is 18.8 Å². The average Bonchev–Trinajstić information content (AvgIpc) is 2.79. The maximum atomic E-state index is 5.67. The molecule has 2 rings (SSSR count). The fraction of sp³-hybridized carbons (Fsp3) is 0.750. The van der Waals surface area contributed by atoms with E-state index in [4.69, 9.17) is 4.42 Å². The third kappa shape index (κ3) is 4.27. The molecule has 0 aromatic carbocycles. The van der Waals surface area contributed by atoms with Gasteiger partial charge in [-0.15, -0.1) is 0 Å². The highest BCUT2D eigenvalue weighted by molar-refractivity contribution is 8.00. The second-order valence-corrected chi connectivity index (χ2v) is 8.24. The van der Waals surface area contributed by atoms with Crippen LogP contribution in [0.5, 0.6) is 0 Å². The molecule has 0 amide bonds. The SMILES string of the molecule is CC1SCCN(Cc2ccoc2CNC(C)(C)C)C1C. The van der Waals surface area contributed by atoms with Crippen molar-refractivity contribution in [2.45, 2.75) is 64.5 Å². The van der Waals surface area contributed by atoms with Gasteiger partial charge in [0, 0.05) is 41.2 Å². The average molecular weight is 296 g/mol. The van der Waals surface area contributed by atoms with Gasteiger partial charge < -0.3 is 9.73 Å². The van der Waals surface area contributed by atoms with Crippen LogP contribution in [-0.2, 0) is 13.1 Å². The lowest BCUT2D eigenvalue weighted by molar-refractivity contribution is 0.202. The Labute approximate surface area is 127 Å². The van der Waals surface area contributed by atoms with E-state index >= 15 is 0 Å². The number of nitrogens with zero attached hydrogens (tertiary/aromatic N) is 1. The van der Waals surface area contributed by atoms with E-state index in [1.807, 2.05) is 6.26 Å². The molecule has 2 atom stereocenters. The first-order valence-corrected chi connectivity index (χ1v) is 8.57. The van der Waals surface area contributed by atoms with Crippen molar-refractivity contribution in [3.05, 3.63) is 23.7 Å². The van der Waals surface area contributed by atoms with Gasteiger partial charge in [-0.3, -0.25) is 4.90 Å². The Hall–Kier alpha value is -0.450. The van der Waals surface area contributed by atoms with Gasteiger partial charge in [0.05, 0.1) is 12.8 Å². The number of hydrogen-bond donors (Lipinski definition) is 1. The van der Waals surface area contributed by atoms with Gasteiger partial charge >= 0.3 is 0 Å².